The summed E-state index contributed by atoms with van der Waals surface area (Å²) in [6, 6.07) is 7.97. The van der Waals surface area contributed by atoms with Crippen LogP contribution in [-0.2, 0) is 14.3 Å². The lowest BCUT2D eigenvalue weighted by Gasteiger charge is -2.37. The van der Waals surface area contributed by atoms with Crippen LogP contribution in [-0.4, -0.2) is 74.2 Å². The molecule has 0 bridgehead atoms. The minimum atomic E-state index is -0.587. The number of carbonyl (C=O) groups excluding carboxylic acids is 3. The third-order valence-corrected chi connectivity index (χ3v) is 8.14. The van der Waals surface area contributed by atoms with Crippen LogP contribution in [0.1, 0.15) is 103 Å². The second-order valence-corrected chi connectivity index (χ2v) is 13.8. The maximum atomic E-state index is 13.0. The topological polar surface area (TPSA) is 117 Å². The molecule has 3 heterocycles. The monoisotopic (exact) mass is 579 g/mol. The zero-order valence-electron chi connectivity index (χ0n) is 25.7. The van der Waals surface area contributed by atoms with Crippen molar-refractivity contribution in [2.24, 2.45) is 0 Å². The average molecular weight is 580 g/mol. The van der Waals surface area contributed by atoms with Gasteiger partial charge in [-0.1, -0.05) is 24.3 Å². The van der Waals surface area contributed by atoms with Crippen LogP contribution < -0.4 is 5.32 Å². The van der Waals surface area contributed by atoms with Gasteiger partial charge in [0.25, 0.3) is 0 Å². The first-order chi connectivity index (χ1) is 19.8. The first-order valence-corrected chi connectivity index (χ1v) is 15.2. The van der Waals surface area contributed by atoms with Crippen LogP contribution >= 0.6 is 0 Å². The predicted octanol–water partition coefficient (Wildman–Crippen LogP) is 5.91. The molecule has 42 heavy (non-hydrogen) atoms. The minimum Gasteiger partial charge on any atom is -0.444 e. The number of carbonyl (C=O) groups is 3. The number of nitrogens with zero attached hydrogens (tertiary/aromatic N) is 3. The number of aromatic nitrogens is 2. The van der Waals surface area contributed by atoms with Crippen molar-refractivity contribution < 1.29 is 23.9 Å². The fourth-order valence-electron chi connectivity index (χ4n) is 6.05. The van der Waals surface area contributed by atoms with Crippen molar-refractivity contribution in [3.05, 3.63) is 41.9 Å². The highest BCUT2D eigenvalue weighted by Crippen LogP contribution is 2.38. The smallest absolute Gasteiger partial charge is 0.410 e. The Kier molecular flexibility index (Phi) is 8.27. The number of H-pyrrole nitrogens is 1. The van der Waals surface area contributed by atoms with E-state index in [0.29, 0.717) is 25.4 Å². The number of rotatable bonds is 5. The lowest BCUT2D eigenvalue weighted by Crippen LogP contribution is -2.52. The Labute approximate surface area is 248 Å². The Bertz CT molecular complexity index is 1290. The molecule has 10 nitrogen and oxygen atoms in total. The number of imidazole rings is 1. The van der Waals surface area contributed by atoms with E-state index in [4.69, 9.17) is 14.5 Å². The summed E-state index contributed by atoms with van der Waals surface area (Å²) < 4.78 is 11.1. The number of ether oxygens (including phenoxy) is 2. The molecule has 2 N–H and O–H groups in total. The molecule has 2 aromatic rings. The van der Waals surface area contributed by atoms with Crippen molar-refractivity contribution in [1.29, 1.82) is 0 Å². The second kappa shape index (κ2) is 11.6. The largest absolute Gasteiger partial charge is 0.444 e. The van der Waals surface area contributed by atoms with Crippen LogP contribution in [0.3, 0.4) is 0 Å². The van der Waals surface area contributed by atoms with Gasteiger partial charge in [0.1, 0.15) is 23.1 Å². The summed E-state index contributed by atoms with van der Waals surface area (Å²) in [5.41, 5.74) is 1.97. The van der Waals surface area contributed by atoms with Crippen LogP contribution in [0.25, 0.3) is 11.3 Å². The van der Waals surface area contributed by atoms with E-state index in [-0.39, 0.29) is 24.1 Å². The Morgan fingerprint density at radius 2 is 1.48 bits per heavy atom. The number of hydrogen-bond acceptors (Lipinski definition) is 6. The SMILES string of the molecule is CC(C)(C)OC(=O)N1CCCC1C(=O)NC1CC(c2ccc(-c3c[nH]c(C4CCCN4C(=O)OC(C)(C)C)n3)cc2)C1. The number of likely N-dealkylation sites (tertiary alicyclic amines) is 2. The number of amides is 3. The van der Waals surface area contributed by atoms with Gasteiger partial charge >= 0.3 is 12.2 Å². The van der Waals surface area contributed by atoms with Gasteiger partial charge in [0, 0.05) is 30.9 Å². The van der Waals surface area contributed by atoms with E-state index < -0.39 is 23.3 Å². The fourth-order valence-corrected chi connectivity index (χ4v) is 6.05. The summed E-state index contributed by atoms with van der Waals surface area (Å²) >= 11 is 0. The molecule has 5 rings (SSSR count). The lowest BCUT2D eigenvalue weighted by atomic mass is 9.75. The maximum Gasteiger partial charge on any atom is 0.410 e. The summed E-state index contributed by atoms with van der Waals surface area (Å²) in [4.78, 5) is 49.7. The first kappa shape index (κ1) is 29.9. The summed E-state index contributed by atoms with van der Waals surface area (Å²) in [5, 5.41) is 3.16. The number of aromatic amines is 1. The normalized spacial score (nSPS) is 24.3. The molecule has 0 spiro atoms. The number of nitrogens with one attached hydrogen (secondary N) is 2. The predicted molar refractivity (Wildman–Crippen MR) is 159 cm³/mol. The Morgan fingerprint density at radius 1 is 0.881 bits per heavy atom. The summed E-state index contributed by atoms with van der Waals surface area (Å²) in [6.07, 6.45) is 6.16. The van der Waals surface area contributed by atoms with Gasteiger partial charge in [-0.05, 0) is 91.5 Å². The zero-order chi connectivity index (χ0) is 30.2. The number of benzene rings is 1. The highest BCUT2D eigenvalue weighted by molar-refractivity contribution is 5.86. The molecule has 2 atom stereocenters. The van der Waals surface area contributed by atoms with Gasteiger partial charge in [-0.25, -0.2) is 14.6 Å². The van der Waals surface area contributed by atoms with Crippen LogP contribution in [0.2, 0.25) is 0 Å². The molecule has 1 aromatic heterocycles. The van der Waals surface area contributed by atoms with Crippen molar-refractivity contribution in [2.75, 3.05) is 13.1 Å². The van der Waals surface area contributed by atoms with Gasteiger partial charge in [0.2, 0.25) is 5.91 Å². The van der Waals surface area contributed by atoms with Gasteiger partial charge in [-0.2, -0.15) is 0 Å². The molecule has 1 aromatic carbocycles. The number of hydrogen-bond donors (Lipinski definition) is 2. The molecule has 3 aliphatic rings. The average Bonchev–Trinajstić information content (AvgIpc) is 3.64. The van der Waals surface area contributed by atoms with Crippen molar-refractivity contribution in [3.8, 4) is 11.3 Å². The van der Waals surface area contributed by atoms with E-state index in [1.807, 2.05) is 47.7 Å². The highest BCUT2D eigenvalue weighted by atomic mass is 16.6. The van der Waals surface area contributed by atoms with Crippen molar-refractivity contribution in [3.63, 3.8) is 0 Å². The van der Waals surface area contributed by atoms with Gasteiger partial charge in [-0.15, -0.1) is 0 Å². The van der Waals surface area contributed by atoms with E-state index in [2.05, 4.69) is 34.6 Å². The Hall–Kier alpha value is -3.56. The van der Waals surface area contributed by atoms with Crippen LogP contribution in [0.4, 0.5) is 9.59 Å². The standard InChI is InChI=1S/C32H45N5O5/c1-31(2,3)41-29(39)36-15-7-9-25(36)27-33-19-24(35-27)21-13-11-20(12-14-21)22-17-23(18-22)34-28(38)26-10-8-16-37(26)30(40)42-32(4,5)6/h11-14,19,22-23,25-26H,7-10,15-18H2,1-6H3,(H,33,35)(H,34,38). The third kappa shape index (κ3) is 6.90. The summed E-state index contributed by atoms with van der Waals surface area (Å²) in [6.45, 7) is 12.3. The summed E-state index contributed by atoms with van der Waals surface area (Å²) in [5.74, 6) is 1.08. The second-order valence-electron chi connectivity index (χ2n) is 13.8. The van der Waals surface area contributed by atoms with E-state index in [1.165, 1.54) is 5.56 Å². The molecular formula is C32H45N5O5. The van der Waals surface area contributed by atoms with Crippen LogP contribution in [0.15, 0.2) is 30.5 Å². The van der Waals surface area contributed by atoms with E-state index in [9.17, 15) is 14.4 Å². The quantitative estimate of drug-likeness (QED) is 0.455. The van der Waals surface area contributed by atoms with Crippen molar-refractivity contribution in [2.45, 2.75) is 115 Å². The van der Waals surface area contributed by atoms with Gasteiger partial charge < -0.3 is 19.8 Å². The van der Waals surface area contributed by atoms with Crippen molar-refractivity contribution in [1.82, 2.24) is 25.1 Å². The Balaban J connectivity index is 1.13. The van der Waals surface area contributed by atoms with Gasteiger partial charge in [0.05, 0.1) is 11.7 Å². The van der Waals surface area contributed by atoms with E-state index >= 15 is 0 Å². The highest BCUT2D eigenvalue weighted by Gasteiger charge is 2.39. The van der Waals surface area contributed by atoms with E-state index in [1.54, 1.807) is 9.80 Å². The van der Waals surface area contributed by atoms with Crippen molar-refractivity contribution >= 4 is 18.1 Å². The first-order valence-electron chi connectivity index (χ1n) is 15.2. The molecule has 1 aliphatic carbocycles. The third-order valence-electron chi connectivity index (χ3n) is 8.14. The molecule has 3 fully saturated rings. The summed E-state index contributed by atoms with van der Waals surface area (Å²) in [7, 11) is 0. The molecule has 2 aliphatic heterocycles. The van der Waals surface area contributed by atoms with E-state index in [0.717, 1.165) is 49.2 Å². The molecule has 1 saturated carbocycles. The van der Waals surface area contributed by atoms with Crippen LogP contribution in [0.5, 0.6) is 0 Å². The van der Waals surface area contributed by atoms with Crippen LogP contribution in [0, 0.1) is 0 Å². The molecule has 10 heteroatoms. The molecular weight excluding hydrogens is 534 g/mol. The molecule has 2 unspecified atom stereocenters. The molecule has 0 radical (unpaired) electrons. The molecule has 228 valence electrons. The Morgan fingerprint density at radius 3 is 2.12 bits per heavy atom. The van der Waals surface area contributed by atoms with Gasteiger partial charge in [-0.3, -0.25) is 14.6 Å². The maximum absolute atomic E-state index is 13.0. The molecule has 2 saturated heterocycles. The van der Waals surface area contributed by atoms with Gasteiger partial charge in [0.15, 0.2) is 0 Å². The fraction of sp³-hybridized carbons (Fsp3) is 0.625. The lowest BCUT2D eigenvalue weighted by molar-refractivity contribution is -0.126. The minimum absolute atomic E-state index is 0.0843. The zero-order valence-corrected chi connectivity index (χ0v) is 25.7. The molecule has 3 amide bonds.